The third-order valence-corrected chi connectivity index (χ3v) is 9.78. The van der Waals surface area contributed by atoms with E-state index >= 15 is 0 Å². The maximum Gasteiger partial charge on any atom is 0.162 e. The summed E-state index contributed by atoms with van der Waals surface area (Å²) in [7, 11) is 0. The largest absolute Gasteiger partial charge is 0.299 e. The molecule has 0 aromatic heterocycles. The fraction of sp³-hybridized carbons (Fsp3) is 0.568. The molecule has 254 valence electrons. The van der Waals surface area contributed by atoms with Crippen LogP contribution in [0.4, 0.5) is 0 Å². The maximum absolute atomic E-state index is 12.3. The molecule has 1 atom stereocenters. The van der Waals surface area contributed by atoms with E-state index in [9.17, 15) is 9.59 Å². The quantitative estimate of drug-likeness (QED) is 0.173. The summed E-state index contributed by atoms with van der Waals surface area (Å²) in [6.45, 7) is 19.8. The fourth-order valence-corrected chi connectivity index (χ4v) is 6.73. The molecule has 0 bridgehead atoms. The predicted octanol–water partition coefficient (Wildman–Crippen LogP) is 13.6. The van der Waals surface area contributed by atoms with Crippen LogP contribution in [0.15, 0.2) is 66.9 Å². The Kier molecular flexibility index (Phi) is 18.6. The molecule has 0 spiro atoms. The first kappa shape index (κ1) is 39.2. The van der Waals surface area contributed by atoms with Gasteiger partial charge in [0.15, 0.2) is 5.78 Å². The molecule has 0 amide bonds. The van der Waals surface area contributed by atoms with Crippen LogP contribution >= 0.6 is 0 Å². The van der Waals surface area contributed by atoms with Gasteiger partial charge in [-0.25, -0.2) is 0 Å². The van der Waals surface area contributed by atoms with Gasteiger partial charge in [0, 0.05) is 25.7 Å². The number of hydrogen-bond acceptors (Lipinski definition) is 2. The van der Waals surface area contributed by atoms with E-state index in [2.05, 4.69) is 63.9 Å². The lowest BCUT2D eigenvalue weighted by molar-refractivity contribution is -0.123. The molecule has 2 nitrogen and oxygen atoms in total. The van der Waals surface area contributed by atoms with E-state index < -0.39 is 0 Å². The molecule has 1 unspecified atom stereocenters. The highest BCUT2D eigenvalue weighted by Crippen LogP contribution is 2.34. The molecular weight excluding hydrogens is 560 g/mol. The molecule has 46 heavy (non-hydrogen) atoms. The van der Waals surface area contributed by atoms with Crippen LogP contribution in [0.3, 0.4) is 0 Å². The molecule has 0 heterocycles. The number of carbonyl (C=O) groups excluding carboxylic acids is 2. The number of carbonyl (C=O) groups is 2. The van der Waals surface area contributed by atoms with E-state index in [0.29, 0.717) is 30.0 Å². The molecule has 0 N–H and O–H groups in total. The average Bonchev–Trinajstić information content (AvgIpc) is 3.09. The van der Waals surface area contributed by atoms with E-state index in [-0.39, 0.29) is 7.21 Å². The van der Waals surface area contributed by atoms with Crippen molar-refractivity contribution < 1.29 is 11.0 Å². The van der Waals surface area contributed by atoms with E-state index in [1.54, 1.807) is 5.56 Å². The molecule has 2 aliphatic carbocycles. The van der Waals surface area contributed by atoms with Crippen LogP contribution in [-0.2, 0) is 4.79 Å². The molecule has 0 aliphatic heterocycles. The van der Waals surface area contributed by atoms with Crippen LogP contribution in [0.1, 0.15) is 190 Å². The zero-order valence-electron chi connectivity index (χ0n) is 30.3. The van der Waals surface area contributed by atoms with Crippen molar-refractivity contribution in [1.82, 2.24) is 0 Å². The molecule has 0 radical (unpaired) electrons. The second-order valence-corrected chi connectivity index (χ2v) is 14.1. The van der Waals surface area contributed by atoms with Crippen molar-refractivity contribution in [2.45, 2.75) is 156 Å². The Morgan fingerprint density at radius 3 is 2.00 bits per heavy atom. The number of allylic oxidation sites excluding steroid dienone is 1. The van der Waals surface area contributed by atoms with E-state index in [4.69, 9.17) is 0 Å². The van der Waals surface area contributed by atoms with Gasteiger partial charge in [-0.05, 0) is 110 Å². The lowest BCUT2D eigenvalue weighted by atomic mass is 9.82. The molecule has 2 aromatic carbocycles. The summed E-state index contributed by atoms with van der Waals surface area (Å²) in [5, 5.41) is 0. The first-order chi connectivity index (χ1) is 22.1. The number of rotatable bonds is 12. The van der Waals surface area contributed by atoms with E-state index in [1.807, 2.05) is 45.0 Å². The van der Waals surface area contributed by atoms with Gasteiger partial charge in [0.2, 0.25) is 0 Å². The van der Waals surface area contributed by atoms with E-state index in [0.717, 1.165) is 61.1 Å². The van der Waals surface area contributed by atoms with Gasteiger partial charge in [0.05, 0.1) is 0 Å². The summed E-state index contributed by atoms with van der Waals surface area (Å²) in [6.07, 6.45) is 19.5. The Bertz CT molecular complexity index is 1250. The minimum atomic E-state index is 0. The van der Waals surface area contributed by atoms with Gasteiger partial charge in [-0.15, -0.1) is 5.73 Å². The van der Waals surface area contributed by atoms with Crippen molar-refractivity contribution in [3.63, 3.8) is 0 Å². The average molecular weight is 627 g/mol. The normalized spacial score (nSPS) is 15.8. The summed E-state index contributed by atoms with van der Waals surface area (Å²) >= 11 is 0. The Morgan fingerprint density at radius 2 is 1.48 bits per heavy atom. The van der Waals surface area contributed by atoms with Gasteiger partial charge in [0.25, 0.3) is 0 Å². The topological polar surface area (TPSA) is 34.1 Å². The maximum atomic E-state index is 12.3. The lowest BCUT2D eigenvalue weighted by Gasteiger charge is -2.22. The number of benzene rings is 2. The monoisotopic (exact) mass is 627 g/mol. The zero-order valence-corrected chi connectivity index (χ0v) is 30.3. The minimum absolute atomic E-state index is 0. The molecule has 0 saturated heterocycles. The number of Topliss-reactive ketones (excluding diaryl/α,β-unsaturated/α-hetero) is 2. The molecule has 2 saturated carbocycles. The van der Waals surface area contributed by atoms with Gasteiger partial charge in [-0.3, -0.25) is 9.59 Å². The van der Waals surface area contributed by atoms with Gasteiger partial charge < -0.3 is 0 Å². The van der Waals surface area contributed by atoms with Crippen LogP contribution in [0, 0.1) is 5.92 Å². The summed E-state index contributed by atoms with van der Waals surface area (Å²) in [5.41, 5.74) is 9.97. The third-order valence-electron chi connectivity index (χ3n) is 9.78. The SMILES string of the molecule is C=C=C(C)C.C=Cc1cc(C(=O)CCC)ccc1C(C)C.CC(CCCC(=O)C1CCCCC1)c1ccc(C2CCCCC2)cc1.[HH]. The van der Waals surface area contributed by atoms with Crippen molar-refractivity contribution in [3.05, 3.63) is 94.7 Å². The Morgan fingerprint density at radius 1 is 0.891 bits per heavy atom. The molecule has 2 fully saturated rings. The Labute approximate surface area is 284 Å². The summed E-state index contributed by atoms with van der Waals surface area (Å²) in [6, 6.07) is 15.4. The Hall–Kier alpha value is -2.96. The van der Waals surface area contributed by atoms with Crippen molar-refractivity contribution in [2.24, 2.45) is 5.92 Å². The van der Waals surface area contributed by atoms with Crippen LogP contribution in [0.2, 0.25) is 0 Å². The first-order valence-electron chi connectivity index (χ1n) is 18.4. The molecule has 2 heteroatoms. The van der Waals surface area contributed by atoms with Crippen LogP contribution < -0.4 is 0 Å². The van der Waals surface area contributed by atoms with Crippen LogP contribution in [0.25, 0.3) is 6.08 Å². The van der Waals surface area contributed by atoms with Gasteiger partial charge in [-0.2, -0.15) is 0 Å². The van der Waals surface area contributed by atoms with Crippen LogP contribution in [-0.4, -0.2) is 11.6 Å². The van der Waals surface area contributed by atoms with Crippen molar-refractivity contribution >= 4 is 17.6 Å². The van der Waals surface area contributed by atoms with Crippen molar-refractivity contribution in [3.8, 4) is 0 Å². The number of ketones is 2. The summed E-state index contributed by atoms with van der Waals surface area (Å²) in [5.74, 6) is 2.98. The van der Waals surface area contributed by atoms with Gasteiger partial charge >= 0.3 is 0 Å². The zero-order chi connectivity index (χ0) is 33.9. The highest BCUT2D eigenvalue weighted by molar-refractivity contribution is 5.96. The summed E-state index contributed by atoms with van der Waals surface area (Å²) < 4.78 is 0. The highest BCUT2D eigenvalue weighted by Gasteiger charge is 2.21. The molecule has 2 aromatic rings. The second kappa shape index (κ2) is 21.8. The third kappa shape index (κ3) is 13.8. The molecule has 4 rings (SSSR count). The van der Waals surface area contributed by atoms with Crippen molar-refractivity contribution in [2.75, 3.05) is 0 Å². The smallest absolute Gasteiger partial charge is 0.162 e. The lowest BCUT2D eigenvalue weighted by Crippen LogP contribution is -2.17. The Balaban J connectivity index is 0.000000432. The van der Waals surface area contributed by atoms with E-state index in [1.165, 1.54) is 62.5 Å². The predicted molar refractivity (Wildman–Crippen MR) is 202 cm³/mol. The van der Waals surface area contributed by atoms with Gasteiger partial charge in [0.1, 0.15) is 5.78 Å². The van der Waals surface area contributed by atoms with Crippen LogP contribution in [0.5, 0.6) is 0 Å². The summed E-state index contributed by atoms with van der Waals surface area (Å²) in [4.78, 5) is 24.1. The molecule has 2 aliphatic rings. The standard InChI is InChI=1S/C24H36O.C15H20O.C5H8.H2/c1-19(9-8-14-24(25)23-12-6-3-7-13-23)20-15-17-22(18-16-20)21-10-4-2-5-11-21;1-5-7-15(16)13-8-9-14(11(3)4)12(6-2)10-13;1-4-5(2)3;/h15-19,21,23H,2-14H2,1H3;6,8-11H,2,5,7H2,1,3-4H3;1H2,2-3H3;1H. The minimum Gasteiger partial charge on any atom is -0.299 e. The fourth-order valence-electron chi connectivity index (χ4n) is 6.73. The highest BCUT2D eigenvalue weighted by atomic mass is 16.1. The second-order valence-electron chi connectivity index (χ2n) is 14.1. The molecular formula is C44H66O2. The van der Waals surface area contributed by atoms with Gasteiger partial charge in [-0.1, -0.05) is 122 Å². The van der Waals surface area contributed by atoms with Crippen molar-refractivity contribution in [1.29, 1.82) is 0 Å². The first-order valence-corrected chi connectivity index (χ1v) is 18.4. The number of hydrogen-bond donors (Lipinski definition) is 0.